The molecule has 100 valence electrons. The van der Waals surface area contributed by atoms with Crippen molar-refractivity contribution in [1.82, 2.24) is 0 Å². The maximum atomic E-state index is 10.7. The van der Waals surface area contributed by atoms with Gasteiger partial charge in [-0.05, 0) is 30.3 Å². The zero-order valence-electron chi connectivity index (χ0n) is 10.1. The summed E-state index contributed by atoms with van der Waals surface area (Å²) < 4.78 is 16.7. The van der Waals surface area contributed by atoms with Gasteiger partial charge in [0, 0.05) is 4.47 Å². The average molecular weight is 327 g/mol. The molecule has 0 amide bonds. The van der Waals surface area contributed by atoms with Gasteiger partial charge in [0.2, 0.25) is 5.76 Å². The molecule has 6 heteroatoms. The van der Waals surface area contributed by atoms with Crippen molar-refractivity contribution in [3.8, 4) is 11.5 Å². The summed E-state index contributed by atoms with van der Waals surface area (Å²) in [4.78, 5) is 10.7. The minimum absolute atomic E-state index is 0.110. The highest BCUT2D eigenvalue weighted by Crippen LogP contribution is 2.30. The summed E-state index contributed by atoms with van der Waals surface area (Å²) in [6.45, 7) is 0.130. The van der Waals surface area contributed by atoms with Crippen molar-refractivity contribution in [2.45, 2.75) is 6.61 Å². The van der Waals surface area contributed by atoms with Crippen molar-refractivity contribution in [1.29, 1.82) is 0 Å². The lowest BCUT2D eigenvalue weighted by atomic mass is 10.3. The van der Waals surface area contributed by atoms with Gasteiger partial charge in [-0.2, -0.15) is 0 Å². The zero-order chi connectivity index (χ0) is 13.8. The van der Waals surface area contributed by atoms with Crippen LogP contribution >= 0.6 is 15.9 Å². The average Bonchev–Trinajstić information content (AvgIpc) is 2.86. The lowest BCUT2D eigenvalue weighted by Gasteiger charge is -2.09. The molecule has 2 rings (SSSR count). The van der Waals surface area contributed by atoms with E-state index in [1.54, 1.807) is 25.3 Å². The fourth-order valence-corrected chi connectivity index (χ4v) is 1.82. The number of hydrogen-bond acceptors (Lipinski definition) is 4. The third-order valence-corrected chi connectivity index (χ3v) is 2.86. The molecule has 0 spiro atoms. The Balaban J connectivity index is 2.07. The number of halogens is 1. The van der Waals surface area contributed by atoms with Crippen LogP contribution < -0.4 is 9.47 Å². The van der Waals surface area contributed by atoms with Crippen LogP contribution in [0.3, 0.4) is 0 Å². The van der Waals surface area contributed by atoms with Crippen LogP contribution in [0.25, 0.3) is 0 Å². The number of carboxylic acid groups (broad SMARTS) is 1. The van der Waals surface area contributed by atoms with Gasteiger partial charge >= 0.3 is 5.97 Å². The number of rotatable bonds is 5. The van der Waals surface area contributed by atoms with Crippen LogP contribution in [0.4, 0.5) is 0 Å². The van der Waals surface area contributed by atoms with E-state index in [1.165, 1.54) is 6.07 Å². The van der Waals surface area contributed by atoms with Gasteiger partial charge in [-0.3, -0.25) is 0 Å². The van der Waals surface area contributed by atoms with Gasteiger partial charge in [0.15, 0.2) is 11.5 Å². The molecule has 0 unspecified atom stereocenters. The van der Waals surface area contributed by atoms with Crippen LogP contribution in [0.2, 0.25) is 0 Å². The van der Waals surface area contributed by atoms with Crippen molar-refractivity contribution in [3.63, 3.8) is 0 Å². The summed E-state index contributed by atoms with van der Waals surface area (Å²) in [5, 5.41) is 8.74. The summed E-state index contributed by atoms with van der Waals surface area (Å²) >= 11 is 3.33. The summed E-state index contributed by atoms with van der Waals surface area (Å²) in [5.74, 6) is 0.356. The van der Waals surface area contributed by atoms with E-state index in [1.807, 2.05) is 6.07 Å². The number of carbonyl (C=O) groups is 1. The molecule has 1 N–H and O–H groups in total. The van der Waals surface area contributed by atoms with E-state index in [4.69, 9.17) is 19.0 Å². The second-order valence-corrected chi connectivity index (χ2v) is 4.57. The number of benzene rings is 1. The second-order valence-electron chi connectivity index (χ2n) is 3.65. The van der Waals surface area contributed by atoms with Gasteiger partial charge in [-0.1, -0.05) is 15.9 Å². The quantitative estimate of drug-likeness (QED) is 0.912. The maximum absolute atomic E-state index is 10.7. The van der Waals surface area contributed by atoms with Gasteiger partial charge in [-0.25, -0.2) is 4.79 Å². The Hall–Kier alpha value is -1.95. The van der Waals surface area contributed by atoms with E-state index in [0.29, 0.717) is 17.3 Å². The molecule has 2 aromatic rings. The predicted molar refractivity (Wildman–Crippen MR) is 70.7 cm³/mol. The number of furan rings is 1. The van der Waals surface area contributed by atoms with Crippen molar-refractivity contribution in [2.24, 2.45) is 0 Å². The highest BCUT2D eigenvalue weighted by Gasteiger charge is 2.10. The smallest absolute Gasteiger partial charge is 0.371 e. The van der Waals surface area contributed by atoms with E-state index in [-0.39, 0.29) is 12.4 Å². The molecule has 5 nitrogen and oxygen atoms in total. The first-order valence-corrected chi connectivity index (χ1v) is 6.18. The first-order valence-electron chi connectivity index (χ1n) is 5.38. The molecule has 1 heterocycles. The van der Waals surface area contributed by atoms with Gasteiger partial charge in [0.25, 0.3) is 0 Å². The molecule has 0 atom stereocenters. The van der Waals surface area contributed by atoms with Gasteiger partial charge < -0.3 is 19.0 Å². The van der Waals surface area contributed by atoms with Gasteiger partial charge in [0.05, 0.1) is 7.11 Å². The Kier molecular flexibility index (Phi) is 4.11. The van der Waals surface area contributed by atoms with E-state index in [0.717, 1.165) is 4.47 Å². The highest BCUT2D eigenvalue weighted by molar-refractivity contribution is 9.10. The summed E-state index contributed by atoms with van der Waals surface area (Å²) in [7, 11) is 1.55. The fourth-order valence-electron chi connectivity index (χ4n) is 1.48. The van der Waals surface area contributed by atoms with E-state index in [9.17, 15) is 4.79 Å². The molecule has 1 aromatic carbocycles. The van der Waals surface area contributed by atoms with Gasteiger partial charge in [0.1, 0.15) is 12.4 Å². The third kappa shape index (κ3) is 3.29. The monoisotopic (exact) mass is 326 g/mol. The zero-order valence-corrected chi connectivity index (χ0v) is 11.6. The molecule has 0 radical (unpaired) electrons. The standard InChI is InChI=1S/C13H11BrO5/c1-17-12-6-8(14)2-4-10(12)18-7-9-3-5-11(19-9)13(15)16/h2-6H,7H2,1H3,(H,15,16). The van der Waals surface area contributed by atoms with Crippen LogP contribution in [0.5, 0.6) is 11.5 Å². The normalized spacial score (nSPS) is 10.2. The number of methoxy groups -OCH3 is 1. The minimum Gasteiger partial charge on any atom is -0.493 e. The molecular weight excluding hydrogens is 316 g/mol. The Morgan fingerprint density at radius 1 is 1.32 bits per heavy atom. The molecular formula is C13H11BrO5. The molecule has 19 heavy (non-hydrogen) atoms. The van der Waals surface area contributed by atoms with Crippen LogP contribution in [0.1, 0.15) is 16.3 Å². The Morgan fingerprint density at radius 2 is 2.11 bits per heavy atom. The summed E-state index contributed by atoms with van der Waals surface area (Å²) in [6, 6.07) is 8.31. The number of hydrogen-bond donors (Lipinski definition) is 1. The number of ether oxygens (including phenoxy) is 2. The highest BCUT2D eigenvalue weighted by atomic mass is 79.9. The molecule has 0 aliphatic carbocycles. The van der Waals surface area contributed by atoms with Crippen molar-refractivity contribution >= 4 is 21.9 Å². The molecule has 0 bridgehead atoms. The molecule has 0 fully saturated rings. The molecule has 0 saturated heterocycles. The van der Waals surface area contributed by atoms with E-state index >= 15 is 0 Å². The van der Waals surface area contributed by atoms with Crippen molar-refractivity contribution < 1.29 is 23.8 Å². The fraction of sp³-hybridized carbons (Fsp3) is 0.154. The van der Waals surface area contributed by atoms with E-state index < -0.39 is 5.97 Å². The van der Waals surface area contributed by atoms with Crippen molar-refractivity contribution in [3.05, 3.63) is 46.3 Å². The topological polar surface area (TPSA) is 68.9 Å². The maximum Gasteiger partial charge on any atom is 0.371 e. The van der Waals surface area contributed by atoms with Crippen LogP contribution in [0.15, 0.2) is 39.2 Å². The SMILES string of the molecule is COc1cc(Br)ccc1OCc1ccc(C(=O)O)o1. The molecule has 1 aromatic heterocycles. The lowest BCUT2D eigenvalue weighted by molar-refractivity contribution is 0.0658. The number of aromatic carboxylic acids is 1. The first kappa shape index (κ1) is 13.5. The van der Waals surface area contributed by atoms with Crippen LogP contribution in [-0.2, 0) is 6.61 Å². The molecule has 0 saturated carbocycles. The lowest BCUT2D eigenvalue weighted by Crippen LogP contribution is -1.97. The molecule has 0 aliphatic rings. The van der Waals surface area contributed by atoms with Crippen LogP contribution in [-0.4, -0.2) is 18.2 Å². The van der Waals surface area contributed by atoms with Crippen LogP contribution in [0, 0.1) is 0 Å². The summed E-state index contributed by atoms with van der Waals surface area (Å²) in [5.41, 5.74) is 0. The predicted octanol–water partition coefficient (Wildman–Crippen LogP) is 3.33. The second kappa shape index (κ2) is 5.79. The minimum atomic E-state index is -1.10. The largest absolute Gasteiger partial charge is 0.493 e. The van der Waals surface area contributed by atoms with E-state index in [2.05, 4.69) is 15.9 Å². The first-order chi connectivity index (χ1) is 9.10. The Morgan fingerprint density at radius 3 is 2.74 bits per heavy atom. The van der Waals surface area contributed by atoms with Crippen molar-refractivity contribution in [2.75, 3.05) is 7.11 Å². The Bertz CT molecular complexity index is 590. The van der Waals surface area contributed by atoms with Gasteiger partial charge in [-0.15, -0.1) is 0 Å². The number of carboxylic acids is 1. The summed E-state index contributed by atoms with van der Waals surface area (Å²) in [6.07, 6.45) is 0. The molecule has 0 aliphatic heterocycles. The third-order valence-electron chi connectivity index (χ3n) is 2.37. The Labute approximate surface area is 117 Å².